The van der Waals surface area contributed by atoms with Gasteiger partial charge in [0.2, 0.25) is 10.0 Å². The van der Waals surface area contributed by atoms with Crippen LogP contribution in [0.3, 0.4) is 0 Å². The molecule has 5 rings (SSSR count). The first-order chi connectivity index (χ1) is 15.6. The average molecular weight is 489 g/mol. The summed E-state index contributed by atoms with van der Waals surface area (Å²) in [6.07, 6.45) is 6.77. The van der Waals surface area contributed by atoms with Crippen molar-refractivity contribution < 1.29 is 12.8 Å². The van der Waals surface area contributed by atoms with E-state index < -0.39 is 15.7 Å². The molecule has 0 saturated heterocycles. The van der Waals surface area contributed by atoms with Crippen LogP contribution in [0.2, 0.25) is 5.15 Å². The molecule has 0 amide bonds. The van der Waals surface area contributed by atoms with Gasteiger partial charge in [-0.25, -0.2) is 22.5 Å². The summed E-state index contributed by atoms with van der Waals surface area (Å²) in [7, 11) is -3.94. The number of alkyl halides is 1. The van der Waals surface area contributed by atoms with Crippen molar-refractivity contribution in [1.29, 1.82) is 0 Å². The van der Waals surface area contributed by atoms with E-state index in [1.807, 2.05) is 18.2 Å². The van der Waals surface area contributed by atoms with E-state index in [1.165, 1.54) is 13.8 Å². The van der Waals surface area contributed by atoms with Gasteiger partial charge in [-0.1, -0.05) is 11.6 Å². The van der Waals surface area contributed by atoms with E-state index in [0.29, 0.717) is 29.3 Å². The molecular weight excluding hydrogens is 463 g/mol. The molecule has 0 bridgehead atoms. The Morgan fingerprint density at radius 3 is 2.61 bits per heavy atom. The molecule has 2 N–H and O–H groups in total. The Morgan fingerprint density at radius 1 is 1.15 bits per heavy atom. The second-order valence-corrected chi connectivity index (χ2v) is 11.7. The van der Waals surface area contributed by atoms with E-state index in [1.54, 1.807) is 18.5 Å². The molecule has 2 aliphatic rings. The fraction of sp³-hybridized carbons (Fsp3) is 0.417. The molecule has 2 heterocycles. The Labute approximate surface area is 198 Å². The summed E-state index contributed by atoms with van der Waals surface area (Å²) in [6, 6.07) is 7.51. The first-order valence-corrected chi connectivity index (χ1v) is 13.0. The molecule has 2 aromatic heterocycles. The highest BCUT2D eigenvalue weighted by Crippen LogP contribution is 2.42. The maximum absolute atomic E-state index is 14.2. The van der Waals surface area contributed by atoms with Gasteiger partial charge >= 0.3 is 0 Å². The standard InChI is InChI=1S/C24H26ClFN4O2S/c1-24(2,26)13-29-33(31,32)23-19-9-18(30-17-5-6-22(25)28-12-17)8-15(19)7-16-11-27-21(10-20(16)23)14-3-4-14/h5-7,10-12,14,18,29-30H,3-4,8-9,13H2,1-2H3/t18-/m1/s1. The highest BCUT2D eigenvalue weighted by Gasteiger charge is 2.33. The van der Waals surface area contributed by atoms with Crippen LogP contribution in [0.4, 0.5) is 10.1 Å². The lowest BCUT2D eigenvalue weighted by atomic mass is 10.0. The normalized spacial score (nSPS) is 18.5. The van der Waals surface area contributed by atoms with Gasteiger partial charge in [0, 0.05) is 41.2 Å². The fourth-order valence-electron chi connectivity index (χ4n) is 4.41. The number of nitrogens with zero attached hydrogens (tertiary/aromatic N) is 2. The van der Waals surface area contributed by atoms with Crippen molar-refractivity contribution >= 4 is 38.1 Å². The van der Waals surface area contributed by atoms with Crippen LogP contribution in [0.1, 0.15) is 49.4 Å². The second kappa shape index (κ2) is 8.18. The van der Waals surface area contributed by atoms with Crippen molar-refractivity contribution in [1.82, 2.24) is 14.7 Å². The maximum atomic E-state index is 14.2. The average Bonchev–Trinajstić information content (AvgIpc) is 3.52. The van der Waals surface area contributed by atoms with Gasteiger partial charge < -0.3 is 5.32 Å². The third kappa shape index (κ3) is 4.83. The first kappa shape index (κ1) is 22.5. The third-order valence-electron chi connectivity index (χ3n) is 6.15. The molecule has 0 radical (unpaired) electrons. The number of nitrogens with one attached hydrogen (secondary N) is 2. The quantitative estimate of drug-likeness (QED) is 0.468. The largest absolute Gasteiger partial charge is 0.380 e. The van der Waals surface area contributed by atoms with Crippen LogP contribution >= 0.6 is 11.6 Å². The predicted molar refractivity (Wildman–Crippen MR) is 128 cm³/mol. The Kier molecular flexibility index (Phi) is 5.58. The van der Waals surface area contributed by atoms with Gasteiger partial charge in [-0.15, -0.1) is 0 Å². The number of sulfonamides is 1. The zero-order valence-corrected chi connectivity index (χ0v) is 20.1. The van der Waals surface area contributed by atoms with Gasteiger partial charge in [-0.2, -0.15) is 0 Å². The van der Waals surface area contributed by atoms with Gasteiger partial charge in [0.25, 0.3) is 0 Å². The van der Waals surface area contributed by atoms with E-state index in [0.717, 1.165) is 40.7 Å². The first-order valence-electron chi connectivity index (χ1n) is 11.1. The van der Waals surface area contributed by atoms with Crippen molar-refractivity contribution in [2.75, 3.05) is 11.9 Å². The number of anilines is 1. The summed E-state index contributed by atoms with van der Waals surface area (Å²) in [5.41, 5.74) is 1.82. The van der Waals surface area contributed by atoms with Crippen LogP contribution in [0.5, 0.6) is 0 Å². The number of benzene rings is 1. The highest BCUT2D eigenvalue weighted by molar-refractivity contribution is 7.89. The minimum absolute atomic E-state index is 0.00205. The molecule has 1 aromatic carbocycles. The lowest BCUT2D eigenvalue weighted by molar-refractivity contribution is 0.221. The van der Waals surface area contributed by atoms with Crippen LogP contribution in [0, 0.1) is 0 Å². The van der Waals surface area contributed by atoms with Gasteiger partial charge in [-0.3, -0.25) is 4.98 Å². The molecule has 2 aliphatic carbocycles. The Hall–Kier alpha value is -2.29. The molecule has 1 atom stereocenters. The molecule has 33 heavy (non-hydrogen) atoms. The van der Waals surface area contributed by atoms with Crippen molar-refractivity contribution in [3.63, 3.8) is 0 Å². The molecule has 1 fully saturated rings. The van der Waals surface area contributed by atoms with Gasteiger partial charge in [0.1, 0.15) is 10.8 Å². The smallest absolute Gasteiger partial charge is 0.241 e. The van der Waals surface area contributed by atoms with E-state index in [9.17, 15) is 12.8 Å². The molecule has 0 unspecified atom stereocenters. The number of hydrogen-bond donors (Lipinski definition) is 2. The van der Waals surface area contributed by atoms with E-state index in [-0.39, 0.29) is 17.5 Å². The van der Waals surface area contributed by atoms with Crippen LogP contribution in [-0.4, -0.2) is 36.6 Å². The molecular formula is C24H26ClFN4O2S. The second-order valence-electron chi connectivity index (χ2n) is 9.61. The fourth-order valence-corrected chi connectivity index (χ4v) is 6.21. The summed E-state index contributed by atoms with van der Waals surface area (Å²) in [5.74, 6) is 0.391. The molecule has 1 saturated carbocycles. The highest BCUT2D eigenvalue weighted by atomic mass is 35.5. The Morgan fingerprint density at radius 2 is 1.94 bits per heavy atom. The van der Waals surface area contributed by atoms with Gasteiger partial charge in [-0.05, 0) is 74.9 Å². The summed E-state index contributed by atoms with van der Waals surface area (Å²) in [5, 5.41) is 5.29. The molecule has 174 valence electrons. The Balaban J connectivity index is 1.56. The molecule has 0 spiro atoms. The molecule has 6 nitrogen and oxygen atoms in total. The monoisotopic (exact) mass is 488 g/mol. The van der Waals surface area contributed by atoms with Gasteiger partial charge in [0.15, 0.2) is 0 Å². The number of rotatable bonds is 7. The lowest BCUT2D eigenvalue weighted by Gasteiger charge is -2.18. The van der Waals surface area contributed by atoms with Crippen LogP contribution in [0.15, 0.2) is 41.6 Å². The third-order valence-corrected chi connectivity index (χ3v) is 7.91. The minimum Gasteiger partial charge on any atom is -0.380 e. The van der Waals surface area contributed by atoms with Crippen molar-refractivity contribution in [3.05, 3.63) is 58.6 Å². The van der Waals surface area contributed by atoms with Crippen molar-refractivity contribution in [2.24, 2.45) is 0 Å². The predicted octanol–water partition coefficient (Wildman–Crippen LogP) is 4.77. The molecule has 3 aromatic rings. The Bertz CT molecular complexity index is 1320. The van der Waals surface area contributed by atoms with E-state index in [2.05, 4.69) is 20.0 Å². The molecule has 9 heteroatoms. The number of aromatic nitrogens is 2. The van der Waals surface area contributed by atoms with Crippen LogP contribution in [-0.2, 0) is 22.9 Å². The zero-order valence-electron chi connectivity index (χ0n) is 18.5. The van der Waals surface area contributed by atoms with Crippen LogP contribution in [0.25, 0.3) is 10.8 Å². The maximum Gasteiger partial charge on any atom is 0.241 e. The minimum atomic E-state index is -3.94. The number of halogens is 2. The molecule has 0 aliphatic heterocycles. The van der Waals surface area contributed by atoms with Crippen LogP contribution < -0.4 is 10.0 Å². The number of fused-ring (bicyclic) bond motifs is 2. The summed E-state index contributed by atoms with van der Waals surface area (Å²) < 4.78 is 43.7. The zero-order chi connectivity index (χ0) is 23.4. The number of hydrogen-bond acceptors (Lipinski definition) is 5. The summed E-state index contributed by atoms with van der Waals surface area (Å²) in [6.45, 7) is 2.43. The topological polar surface area (TPSA) is 84.0 Å². The van der Waals surface area contributed by atoms with E-state index in [4.69, 9.17) is 11.6 Å². The number of pyridine rings is 2. The summed E-state index contributed by atoms with van der Waals surface area (Å²) >= 11 is 5.89. The van der Waals surface area contributed by atoms with Crippen molar-refractivity contribution in [2.45, 2.75) is 62.1 Å². The van der Waals surface area contributed by atoms with Gasteiger partial charge in [0.05, 0.1) is 16.8 Å². The van der Waals surface area contributed by atoms with Crippen molar-refractivity contribution in [3.8, 4) is 0 Å². The lowest BCUT2D eigenvalue weighted by Crippen LogP contribution is -2.36. The SMILES string of the molecule is CC(C)(F)CNS(=O)(=O)c1c2c(cc3cnc(C4CC4)cc13)C[C@@H](Nc1ccc(Cl)nc1)C2. The summed E-state index contributed by atoms with van der Waals surface area (Å²) in [4.78, 5) is 8.94. The van der Waals surface area contributed by atoms with E-state index >= 15 is 0 Å².